The average Bonchev–Trinajstić information content (AvgIpc) is 2.72. The van der Waals surface area contributed by atoms with Gasteiger partial charge in [-0.1, -0.05) is 24.9 Å². The van der Waals surface area contributed by atoms with Gasteiger partial charge in [-0.25, -0.2) is 0 Å². The van der Waals surface area contributed by atoms with E-state index in [1.165, 1.54) is 0 Å². The Morgan fingerprint density at radius 1 is 1.39 bits per heavy atom. The van der Waals surface area contributed by atoms with E-state index < -0.39 is 0 Å². The Balaban J connectivity index is 2.04. The summed E-state index contributed by atoms with van der Waals surface area (Å²) in [6, 6.07) is 7.14. The minimum absolute atomic E-state index is 0.0562. The largest absolute Gasteiger partial charge is 0.337 e. The molecule has 1 aromatic carbocycles. The van der Waals surface area contributed by atoms with Gasteiger partial charge in [0.25, 0.3) is 5.91 Å². The van der Waals surface area contributed by atoms with Crippen molar-refractivity contribution in [2.45, 2.75) is 25.8 Å². The molecule has 2 rings (SSSR count). The maximum Gasteiger partial charge on any atom is 0.253 e. The van der Waals surface area contributed by atoms with Crippen LogP contribution in [-0.4, -0.2) is 29.9 Å². The van der Waals surface area contributed by atoms with Crippen molar-refractivity contribution in [3.63, 3.8) is 0 Å². The van der Waals surface area contributed by atoms with E-state index in [4.69, 9.17) is 17.3 Å². The summed E-state index contributed by atoms with van der Waals surface area (Å²) < 4.78 is 0. The molecule has 2 atom stereocenters. The van der Waals surface area contributed by atoms with Gasteiger partial charge in [0.05, 0.1) is 0 Å². The number of rotatable bonds is 3. The standard InChI is InChI=1S/C14H19ClN2O/c1-2-3-11-8-17(9-13(11)16)14(18)10-4-6-12(15)7-5-10/h4-7,11,13H,2-3,8-9,16H2,1H3/t11-,13-/m0/s1. The minimum Gasteiger partial charge on any atom is -0.337 e. The molecule has 18 heavy (non-hydrogen) atoms. The van der Waals surface area contributed by atoms with Gasteiger partial charge in [0, 0.05) is 29.7 Å². The summed E-state index contributed by atoms with van der Waals surface area (Å²) in [6.07, 6.45) is 2.20. The Morgan fingerprint density at radius 2 is 2.06 bits per heavy atom. The summed E-state index contributed by atoms with van der Waals surface area (Å²) in [5.41, 5.74) is 6.76. The van der Waals surface area contributed by atoms with Gasteiger partial charge in [-0.05, 0) is 36.6 Å². The quantitative estimate of drug-likeness (QED) is 0.914. The first-order valence-electron chi connectivity index (χ1n) is 6.42. The van der Waals surface area contributed by atoms with E-state index in [2.05, 4.69) is 6.92 Å². The predicted molar refractivity (Wildman–Crippen MR) is 73.7 cm³/mol. The lowest BCUT2D eigenvalue weighted by atomic mass is 9.99. The molecule has 0 aliphatic carbocycles. The van der Waals surface area contributed by atoms with Crippen molar-refractivity contribution >= 4 is 17.5 Å². The van der Waals surface area contributed by atoms with Crippen LogP contribution in [0.5, 0.6) is 0 Å². The summed E-state index contributed by atoms with van der Waals surface area (Å²) in [6.45, 7) is 3.58. The number of halogens is 1. The van der Waals surface area contributed by atoms with E-state index in [1.807, 2.05) is 4.90 Å². The first-order valence-corrected chi connectivity index (χ1v) is 6.80. The van der Waals surface area contributed by atoms with Crippen LogP contribution in [0.25, 0.3) is 0 Å². The summed E-state index contributed by atoms with van der Waals surface area (Å²) >= 11 is 5.82. The van der Waals surface area contributed by atoms with Crippen LogP contribution in [0.2, 0.25) is 5.02 Å². The predicted octanol–water partition coefficient (Wildman–Crippen LogP) is 2.54. The number of carbonyl (C=O) groups excluding carboxylic acids is 1. The zero-order chi connectivity index (χ0) is 13.1. The third kappa shape index (κ3) is 2.85. The maximum absolute atomic E-state index is 12.3. The number of benzene rings is 1. The number of nitrogens with two attached hydrogens (primary N) is 1. The molecule has 0 aromatic heterocycles. The van der Waals surface area contributed by atoms with Gasteiger partial charge in [0.2, 0.25) is 0 Å². The smallest absolute Gasteiger partial charge is 0.253 e. The van der Waals surface area contributed by atoms with E-state index in [0.717, 1.165) is 19.4 Å². The van der Waals surface area contributed by atoms with Crippen LogP contribution in [0.1, 0.15) is 30.1 Å². The lowest BCUT2D eigenvalue weighted by Crippen LogP contribution is -2.32. The van der Waals surface area contributed by atoms with Crippen molar-refractivity contribution in [3.8, 4) is 0 Å². The second kappa shape index (κ2) is 5.72. The molecule has 4 heteroatoms. The van der Waals surface area contributed by atoms with Gasteiger partial charge in [-0.2, -0.15) is 0 Å². The van der Waals surface area contributed by atoms with Crippen LogP contribution in [0.15, 0.2) is 24.3 Å². The molecule has 1 saturated heterocycles. The Labute approximate surface area is 113 Å². The number of hydrogen-bond donors (Lipinski definition) is 1. The fourth-order valence-corrected chi connectivity index (χ4v) is 2.64. The molecule has 98 valence electrons. The topological polar surface area (TPSA) is 46.3 Å². The van der Waals surface area contributed by atoms with E-state index in [0.29, 0.717) is 23.0 Å². The fraction of sp³-hybridized carbons (Fsp3) is 0.500. The van der Waals surface area contributed by atoms with Crippen LogP contribution < -0.4 is 5.73 Å². The van der Waals surface area contributed by atoms with Gasteiger partial charge < -0.3 is 10.6 Å². The highest BCUT2D eigenvalue weighted by atomic mass is 35.5. The van der Waals surface area contributed by atoms with Gasteiger partial charge in [0.1, 0.15) is 0 Å². The molecule has 1 aromatic rings. The number of amides is 1. The number of hydrogen-bond acceptors (Lipinski definition) is 2. The molecule has 0 unspecified atom stereocenters. The van der Waals surface area contributed by atoms with Crippen LogP contribution in [0.4, 0.5) is 0 Å². The molecule has 1 fully saturated rings. The molecule has 3 nitrogen and oxygen atoms in total. The molecule has 1 aliphatic heterocycles. The monoisotopic (exact) mass is 266 g/mol. The van der Waals surface area contributed by atoms with Crippen molar-refractivity contribution in [3.05, 3.63) is 34.9 Å². The molecular formula is C14H19ClN2O. The molecule has 1 aliphatic rings. The van der Waals surface area contributed by atoms with Gasteiger partial charge in [-0.3, -0.25) is 4.79 Å². The zero-order valence-electron chi connectivity index (χ0n) is 10.6. The first-order chi connectivity index (χ1) is 8.61. The SMILES string of the molecule is CCC[C@H]1CN(C(=O)c2ccc(Cl)cc2)C[C@@H]1N. The lowest BCUT2D eigenvalue weighted by molar-refractivity contribution is 0.0785. The van der Waals surface area contributed by atoms with E-state index >= 15 is 0 Å². The Morgan fingerprint density at radius 3 is 2.67 bits per heavy atom. The van der Waals surface area contributed by atoms with Crippen LogP contribution in [0.3, 0.4) is 0 Å². The number of nitrogens with zero attached hydrogens (tertiary/aromatic N) is 1. The fourth-order valence-electron chi connectivity index (χ4n) is 2.51. The van der Waals surface area contributed by atoms with E-state index in [-0.39, 0.29) is 11.9 Å². The summed E-state index contributed by atoms with van der Waals surface area (Å²) in [4.78, 5) is 14.1. The highest BCUT2D eigenvalue weighted by Gasteiger charge is 2.32. The normalized spacial score (nSPS) is 23.4. The van der Waals surface area contributed by atoms with Crippen molar-refractivity contribution in [1.82, 2.24) is 4.90 Å². The van der Waals surface area contributed by atoms with Crippen molar-refractivity contribution in [2.75, 3.05) is 13.1 Å². The molecule has 0 spiro atoms. The zero-order valence-corrected chi connectivity index (χ0v) is 11.4. The van der Waals surface area contributed by atoms with Gasteiger partial charge >= 0.3 is 0 Å². The third-order valence-corrected chi connectivity index (χ3v) is 3.78. The maximum atomic E-state index is 12.3. The Hall–Kier alpha value is -1.06. The summed E-state index contributed by atoms with van der Waals surface area (Å²) in [5.74, 6) is 0.493. The second-order valence-corrected chi connectivity index (χ2v) is 5.37. The Kier molecular flexibility index (Phi) is 4.25. The number of likely N-dealkylation sites (tertiary alicyclic amines) is 1. The van der Waals surface area contributed by atoms with Crippen LogP contribution in [-0.2, 0) is 0 Å². The minimum atomic E-state index is 0.0562. The molecule has 1 amide bonds. The molecule has 0 saturated carbocycles. The van der Waals surface area contributed by atoms with Crippen molar-refractivity contribution in [2.24, 2.45) is 11.7 Å². The van der Waals surface area contributed by atoms with Gasteiger partial charge in [0.15, 0.2) is 0 Å². The highest BCUT2D eigenvalue weighted by Crippen LogP contribution is 2.22. The van der Waals surface area contributed by atoms with E-state index in [9.17, 15) is 4.79 Å². The molecule has 0 bridgehead atoms. The van der Waals surface area contributed by atoms with Crippen molar-refractivity contribution < 1.29 is 4.79 Å². The summed E-state index contributed by atoms with van der Waals surface area (Å²) in [5, 5.41) is 0.647. The molecular weight excluding hydrogens is 248 g/mol. The summed E-state index contributed by atoms with van der Waals surface area (Å²) in [7, 11) is 0. The highest BCUT2D eigenvalue weighted by molar-refractivity contribution is 6.30. The molecule has 2 N–H and O–H groups in total. The first kappa shape index (κ1) is 13.4. The molecule has 0 radical (unpaired) electrons. The second-order valence-electron chi connectivity index (χ2n) is 4.93. The van der Waals surface area contributed by atoms with E-state index in [1.54, 1.807) is 24.3 Å². The van der Waals surface area contributed by atoms with Gasteiger partial charge in [-0.15, -0.1) is 0 Å². The Bertz CT molecular complexity index is 418. The molecule has 1 heterocycles. The average molecular weight is 267 g/mol. The van der Waals surface area contributed by atoms with Crippen molar-refractivity contribution in [1.29, 1.82) is 0 Å². The van der Waals surface area contributed by atoms with Crippen LogP contribution in [0, 0.1) is 5.92 Å². The lowest BCUT2D eigenvalue weighted by Gasteiger charge is -2.16. The third-order valence-electron chi connectivity index (χ3n) is 3.53. The number of carbonyl (C=O) groups is 1. The van der Waals surface area contributed by atoms with Crippen LogP contribution >= 0.6 is 11.6 Å².